The molecule has 1 aromatic carbocycles. The van der Waals surface area contributed by atoms with E-state index >= 15 is 0 Å². The maximum Gasteiger partial charge on any atom is 0.304 e. The molecule has 20 heavy (non-hydrogen) atoms. The van der Waals surface area contributed by atoms with Gasteiger partial charge in [0.1, 0.15) is 11.5 Å². The first-order valence-corrected chi connectivity index (χ1v) is 6.68. The van der Waals surface area contributed by atoms with Crippen molar-refractivity contribution >= 4 is 5.97 Å². The van der Waals surface area contributed by atoms with Gasteiger partial charge in [0.05, 0.1) is 20.6 Å². The number of benzene rings is 1. The summed E-state index contributed by atoms with van der Waals surface area (Å²) in [6.07, 6.45) is 0.125. The number of carboxylic acid groups (broad SMARTS) is 1. The van der Waals surface area contributed by atoms with Crippen LogP contribution in [0.25, 0.3) is 0 Å². The highest BCUT2D eigenvalue weighted by molar-refractivity contribution is 5.67. The third-order valence-corrected chi connectivity index (χ3v) is 3.36. The van der Waals surface area contributed by atoms with Gasteiger partial charge in [0.2, 0.25) is 0 Å². The average Bonchev–Trinajstić information content (AvgIpc) is 2.43. The Bertz CT molecular complexity index is 447. The van der Waals surface area contributed by atoms with Gasteiger partial charge in [-0.1, -0.05) is 6.92 Å². The molecule has 1 unspecified atom stereocenters. The topological polar surface area (TPSA) is 59.0 Å². The molecule has 5 heteroatoms. The molecule has 1 aromatic rings. The lowest BCUT2D eigenvalue weighted by molar-refractivity contribution is -0.138. The van der Waals surface area contributed by atoms with Crippen molar-refractivity contribution in [3.05, 3.63) is 23.8 Å². The predicted octanol–water partition coefficient (Wildman–Crippen LogP) is 2.39. The Hall–Kier alpha value is -1.75. The van der Waals surface area contributed by atoms with Crippen molar-refractivity contribution in [3.63, 3.8) is 0 Å². The van der Waals surface area contributed by atoms with Crippen LogP contribution in [0.15, 0.2) is 18.2 Å². The normalized spacial score (nSPS) is 12.2. The van der Waals surface area contributed by atoms with E-state index in [1.807, 2.05) is 32.0 Å². The molecule has 0 amide bonds. The Morgan fingerprint density at radius 3 is 2.55 bits per heavy atom. The molecule has 0 heterocycles. The largest absolute Gasteiger partial charge is 0.497 e. The summed E-state index contributed by atoms with van der Waals surface area (Å²) in [5.74, 6) is 0.767. The zero-order chi connectivity index (χ0) is 15.1. The standard InChI is InChI=1S/C15H23NO4/c1-5-16(11(2)8-15(17)18)10-12-9-13(19-3)6-7-14(12)20-4/h6-7,9,11H,5,8,10H2,1-4H3,(H,17,18). The van der Waals surface area contributed by atoms with Gasteiger partial charge < -0.3 is 14.6 Å². The van der Waals surface area contributed by atoms with E-state index in [0.717, 1.165) is 23.6 Å². The monoisotopic (exact) mass is 281 g/mol. The van der Waals surface area contributed by atoms with E-state index in [1.54, 1.807) is 14.2 Å². The Labute approximate surface area is 120 Å². The van der Waals surface area contributed by atoms with Crippen LogP contribution in [0, 0.1) is 0 Å². The van der Waals surface area contributed by atoms with Gasteiger partial charge in [-0.25, -0.2) is 0 Å². The third kappa shape index (κ3) is 4.42. The SMILES string of the molecule is CCN(Cc1cc(OC)ccc1OC)C(C)CC(=O)O. The van der Waals surface area contributed by atoms with Crippen molar-refractivity contribution in [1.29, 1.82) is 0 Å². The minimum atomic E-state index is -0.784. The lowest BCUT2D eigenvalue weighted by atomic mass is 10.1. The first-order chi connectivity index (χ1) is 9.51. The molecule has 0 fully saturated rings. The highest BCUT2D eigenvalue weighted by Crippen LogP contribution is 2.26. The fraction of sp³-hybridized carbons (Fsp3) is 0.533. The molecule has 0 aromatic heterocycles. The molecule has 112 valence electrons. The summed E-state index contributed by atoms with van der Waals surface area (Å²) in [7, 11) is 3.25. The maximum atomic E-state index is 10.8. The zero-order valence-corrected chi connectivity index (χ0v) is 12.5. The zero-order valence-electron chi connectivity index (χ0n) is 12.5. The molecular formula is C15H23NO4. The van der Waals surface area contributed by atoms with Crippen LogP contribution in [-0.4, -0.2) is 42.8 Å². The molecule has 0 saturated carbocycles. The van der Waals surface area contributed by atoms with Crippen molar-refractivity contribution in [2.24, 2.45) is 0 Å². The van der Waals surface area contributed by atoms with Gasteiger partial charge >= 0.3 is 5.97 Å². The fourth-order valence-corrected chi connectivity index (χ4v) is 2.19. The second kappa shape index (κ2) is 7.75. The van der Waals surface area contributed by atoms with Crippen molar-refractivity contribution in [2.45, 2.75) is 32.9 Å². The second-order valence-corrected chi connectivity index (χ2v) is 4.69. The van der Waals surface area contributed by atoms with Gasteiger partial charge in [0.25, 0.3) is 0 Å². The number of nitrogens with zero attached hydrogens (tertiary/aromatic N) is 1. The molecule has 0 radical (unpaired) electrons. The van der Waals surface area contributed by atoms with Crippen LogP contribution in [0.5, 0.6) is 11.5 Å². The van der Waals surface area contributed by atoms with E-state index in [9.17, 15) is 4.79 Å². The van der Waals surface area contributed by atoms with E-state index < -0.39 is 5.97 Å². The van der Waals surface area contributed by atoms with Gasteiger partial charge in [0, 0.05) is 18.2 Å². The van der Waals surface area contributed by atoms with E-state index in [4.69, 9.17) is 14.6 Å². The minimum Gasteiger partial charge on any atom is -0.497 e. The fourth-order valence-electron chi connectivity index (χ4n) is 2.19. The number of methoxy groups -OCH3 is 2. The van der Waals surface area contributed by atoms with E-state index in [0.29, 0.717) is 6.54 Å². The van der Waals surface area contributed by atoms with Gasteiger partial charge in [0.15, 0.2) is 0 Å². The number of carboxylic acids is 1. The van der Waals surface area contributed by atoms with E-state index in [1.165, 1.54) is 0 Å². The van der Waals surface area contributed by atoms with Gasteiger partial charge in [-0.2, -0.15) is 0 Å². The van der Waals surface area contributed by atoms with Crippen molar-refractivity contribution in [2.75, 3.05) is 20.8 Å². The van der Waals surface area contributed by atoms with Gasteiger partial charge in [-0.3, -0.25) is 9.69 Å². The summed E-state index contributed by atoms with van der Waals surface area (Å²) in [4.78, 5) is 12.9. The summed E-state index contributed by atoms with van der Waals surface area (Å²) in [5, 5.41) is 8.91. The average molecular weight is 281 g/mol. The molecular weight excluding hydrogens is 258 g/mol. The Morgan fingerprint density at radius 2 is 2.05 bits per heavy atom. The molecule has 0 spiro atoms. The quantitative estimate of drug-likeness (QED) is 0.793. The van der Waals surface area contributed by atoms with Gasteiger partial charge in [-0.15, -0.1) is 0 Å². The molecule has 1 N–H and O–H groups in total. The minimum absolute atomic E-state index is 0.0339. The highest BCUT2D eigenvalue weighted by atomic mass is 16.5. The Kier molecular flexibility index (Phi) is 6.31. The van der Waals surface area contributed by atoms with Crippen LogP contribution in [0.3, 0.4) is 0 Å². The molecule has 0 saturated heterocycles. The van der Waals surface area contributed by atoms with Crippen LogP contribution >= 0.6 is 0 Å². The number of carbonyl (C=O) groups is 1. The van der Waals surface area contributed by atoms with E-state index in [-0.39, 0.29) is 12.5 Å². The molecule has 1 rings (SSSR count). The highest BCUT2D eigenvalue weighted by Gasteiger charge is 2.17. The number of rotatable bonds is 8. The summed E-state index contributed by atoms with van der Waals surface area (Å²) >= 11 is 0. The summed E-state index contributed by atoms with van der Waals surface area (Å²) in [6.45, 7) is 5.34. The molecule has 0 aliphatic rings. The van der Waals surface area contributed by atoms with Gasteiger partial charge in [-0.05, 0) is 31.7 Å². The molecule has 0 bridgehead atoms. The van der Waals surface area contributed by atoms with Crippen LogP contribution in [0.2, 0.25) is 0 Å². The molecule has 0 aliphatic heterocycles. The van der Waals surface area contributed by atoms with Crippen molar-refractivity contribution in [1.82, 2.24) is 4.90 Å². The van der Waals surface area contributed by atoms with E-state index in [2.05, 4.69) is 4.90 Å². The Balaban J connectivity index is 2.90. The smallest absolute Gasteiger partial charge is 0.304 e. The molecule has 1 atom stereocenters. The second-order valence-electron chi connectivity index (χ2n) is 4.69. The predicted molar refractivity (Wildman–Crippen MR) is 77.3 cm³/mol. The first kappa shape index (κ1) is 16.3. The summed E-state index contributed by atoms with van der Waals surface area (Å²) in [5.41, 5.74) is 0.992. The van der Waals surface area contributed by atoms with Crippen LogP contribution in [0.1, 0.15) is 25.8 Å². The lowest BCUT2D eigenvalue weighted by Gasteiger charge is -2.27. The Morgan fingerprint density at radius 1 is 1.35 bits per heavy atom. The van der Waals surface area contributed by atoms with Crippen molar-refractivity contribution in [3.8, 4) is 11.5 Å². The maximum absolute atomic E-state index is 10.8. The molecule has 5 nitrogen and oxygen atoms in total. The number of aliphatic carboxylic acids is 1. The van der Waals surface area contributed by atoms with Crippen molar-refractivity contribution < 1.29 is 19.4 Å². The lowest BCUT2D eigenvalue weighted by Crippen LogP contribution is -2.34. The van der Waals surface area contributed by atoms with Crippen LogP contribution in [-0.2, 0) is 11.3 Å². The number of hydrogen-bond donors (Lipinski definition) is 1. The third-order valence-electron chi connectivity index (χ3n) is 3.36. The van der Waals surface area contributed by atoms with Crippen LogP contribution in [0.4, 0.5) is 0 Å². The molecule has 0 aliphatic carbocycles. The summed E-state index contributed by atoms with van der Waals surface area (Å²) in [6, 6.07) is 5.60. The number of ether oxygens (including phenoxy) is 2. The summed E-state index contributed by atoms with van der Waals surface area (Å²) < 4.78 is 10.6. The first-order valence-electron chi connectivity index (χ1n) is 6.68. The van der Waals surface area contributed by atoms with Crippen LogP contribution < -0.4 is 9.47 Å². The number of hydrogen-bond acceptors (Lipinski definition) is 4.